The van der Waals surface area contributed by atoms with Crippen LogP contribution in [0.25, 0.3) is 0 Å². The lowest BCUT2D eigenvalue weighted by Gasteiger charge is -2.47. The van der Waals surface area contributed by atoms with Gasteiger partial charge in [-0.1, -0.05) is 0 Å². The zero-order valence-electron chi connectivity index (χ0n) is 29.4. The molecule has 0 fully saturated rings. The quantitative estimate of drug-likeness (QED) is 0.0874. The van der Waals surface area contributed by atoms with Crippen LogP contribution in [0.5, 0.6) is 0 Å². The zero-order valence-corrected chi connectivity index (χ0v) is 29.4. The van der Waals surface area contributed by atoms with Crippen LogP contribution < -0.4 is 16.8 Å². The van der Waals surface area contributed by atoms with E-state index in [1.54, 1.807) is 83.1 Å². The summed E-state index contributed by atoms with van der Waals surface area (Å²) in [5.41, 5.74) is 0.659. The van der Waals surface area contributed by atoms with E-state index in [-0.39, 0.29) is 39.0 Å². The molecule has 0 saturated heterocycles. The summed E-state index contributed by atoms with van der Waals surface area (Å²) in [5, 5.41) is 12.8. The molecule has 45 heavy (non-hydrogen) atoms. The van der Waals surface area contributed by atoms with Crippen molar-refractivity contribution in [2.45, 2.75) is 130 Å². The molecule has 14 heteroatoms. The molecule has 14 nitrogen and oxygen atoms in total. The highest BCUT2D eigenvalue weighted by molar-refractivity contribution is 6.18. The number of hydrogen-bond donors (Lipinski definition) is 4. The van der Waals surface area contributed by atoms with Gasteiger partial charge in [-0.15, -0.1) is 0 Å². The number of carbonyl (C=O) groups is 5. The van der Waals surface area contributed by atoms with E-state index in [4.69, 9.17) is 30.4 Å². The molecule has 0 aromatic heterocycles. The summed E-state index contributed by atoms with van der Waals surface area (Å²) in [6, 6.07) is 0. The summed E-state index contributed by atoms with van der Waals surface area (Å²) in [6.45, 7) is 18.1. The molecule has 0 radical (unpaired) electrons. The molecule has 0 aromatic carbocycles. The number of carbonyl (C=O) groups excluding carboxylic acids is 4. The lowest BCUT2D eigenvalue weighted by molar-refractivity contribution is -0.211. The van der Waals surface area contributed by atoms with Crippen molar-refractivity contribution in [2.75, 3.05) is 32.7 Å². The molecule has 0 aromatic rings. The van der Waals surface area contributed by atoms with Gasteiger partial charge in [0.1, 0.15) is 22.4 Å². The Morgan fingerprint density at radius 1 is 0.600 bits per heavy atom. The predicted octanol–water partition coefficient (Wildman–Crippen LogP) is 2.74. The summed E-state index contributed by atoms with van der Waals surface area (Å²) < 4.78 is 23.1. The molecule has 0 aliphatic carbocycles. The van der Waals surface area contributed by atoms with Crippen LogP contribution in [0.1, 0.15) is 102 Å². The minimum atomic E-state index is -2.93. The molecule has 0 heterocycles. The van der Waals surface area contributed by atoms with Crippen molar-refractivity contribution in [3.8, 4) is 0 Å². The lowest BCUT2D eigenvalue weighted by atomic mass is 9.65. The first-order chi connectivity index (χ1) is 20.2. The number of ether oxygens (including phenoxy) is 4. The van der Waals surface area contributed by atoms with E-state index in [0.717, 1.165) is 4.90 Å². The van der Waals surface area contributed by atoms with Gasteiger partial charge in [0.25, 0.3) is 0 Å². The molecule has 0 aliphatic rings. The number of hydrogen-bond acceptors (Lipinski definition) is 12. The van der Waals surface area contributed by atoms with Gasteiger partial charge in [0.2, 0.25) is 11.0 Å². The molecule has 1 amide bonds. The van der Waals surface area contributed by atoms with E-state index in [0.29, 0.717) is 0 Å². The number of nitrogens with one attached hydrogen (secondary N) is 1. The van der Waals surface area contributed by atoms with Crippen molar-refractivity contribution in [3.05, 3.63) is 0 Å². The van der Waals surface area contributed by atoms with Crippen LogP contribution in [0.15, 0.2) is 0 Å². The van der Waals surface area contributed by atoms with Crippen LogP contribution in [-0.4, -0.2) is 101 Å². The van der Waals surface area contributed by atoms with Crippen molar-refractivity contribution in [1.29, 1.82) is 0 Å². The zero-order chi connectivity index (χ0) is 35.7. The Morgan fingerprint density at radius 2 is 0.956 bits per heavy atom. The first-order valence-corrected chi connectivity index (χ1v) is 15.3. The predicted molar refractivity (Wildman–Crippen MR) is 168 cm³/mol. The maximum Gasteiger partial charge on any atom is 0.407 e. The molecule has 0 bridgehead atoms. The second-order valence-electron chi connectivity index (χ2n) is 14.9. The highest BCUT2D eigenvalue weighted by Gasteiger charge is 2.74. The third-order valence-electron chi connectivity index (χ3n) is 5.98. The van der Waals surface area contributed by atoms with Crippen molar-refractivity contribution in [1.82, 2.24) is 10.2 Å². The lowest BCUT2D eigenvalue weighted by Crippen LogP contribution is -2.76. The van der Waals surface area contributed by atoms with Crippen molar-refractivity contribution >= 4 is 30.0 Å². The Balaban J connectivity index is 8.32. The Kier molecular flexibility index (Phi) is 15.0. The van der Waals surface area contributed by atoms with E-state index < -0.39 is 76.3 Å². The average molecular weight is 647 g/mol. The molecule has 6 N–H and O–H groups in total. The molecule has 0 unspecified atom stereocenters. The van der Waals surface area contributed by atoms with Crippen molar-refractivity contribution < 1.29 is 48.0 Å². The van der Waals surface area contributed by atoms with E-state index >= 15 is 0 Å². The highest BCUT2D eigenvalue weighted by Crippen LogP contribution is 2.44. The Bertz CT molecular complexity index is 977. The third-order valence-corrected chi connectivity index (χ3v) is 5.98. The van der Waals surface area contributed by atoms with Gasteiger partial charge in [-0.3, -0.25) is 14.9 Å². The van der Waals surface area contributed by atoms with Crippen LogP contribution in [-0.2, 0) is 38.1 Å². The monoisotopic (exact) mass is 646 g/mol. The number of amides is 1. The fraction of sp³-hybridized carbons (Fsp3) is 0.839. The molecule has 0 spiro atoms. The molecule has 0 atom stereocenters. The summed E-state index contributed by atoms with van der Waals surface area (Å²) in [4.78, 5) is 71.6. The van der Waals surface area contributed by atoms with E-state index in [2.05, 4.69) is 5.32 Å². The van der Waals surface area contributed by atoms with Gasteiger partial charge in [0.15, 0.2) is 0 Å². The topological polar surface area (TPSA) is 210 Å². The van der Waals surface area contributed by atoms with Gasteiger partial charge in [-0.25, -0.2) is 14.4 Å². The van der Waals surface area contributed by atoms with Crippen LogP contribution in [0.3, 0.4) is 0 Å². The van der Waals surface area contributed by atoms with Gasteiger partial charge in [0.05, 0.1) is 0 Å². The molecule has 0 aliphatic heterocycles. The largest absolute Gasteiger partial charge is 0.465 e. The number of rotatable bonds is 15. The minimum Gasteiger partial charge on any atom is -0.465 e. The summed E-state index contributed by atoms with van der Waals surface area (Å²) in [5.74, 6) is -5.26. The van der Waals surface area contributed by atoms with Crippen LogP contribution in [0.2, 0.25) is 0 Å². The SMILES string of the molecule is CC(C)(C)OC(=O)C(CCN(CCCN)C(=O)O)(C(=O)OC(C)(C)C)C(NCCCN)(C(=O)OC(C)(C)C)C(=O)OC(C)(C)C. The molecular weight excluding hydrogens is 588 g/mol. The molecule has 0 saturated carbocycles. The number of nitrogens with zero attached hydrogens (tertiary/aromatic N) is 1. The number of esters is 4. The van der Waals surface area contributed by atoms with Crippen LogP contribution in [0, 0.1) is 5.41 Å². The fourth-order valence-corrected chi connectivity index (χ4v) is 4.21. The summed E-state index contributed by atoms with van der Waals surface area (Å²) in [7, 11) is 0. The van der Waals surface area contributed by atoms with Gasteiger partial charge < -0.3 is 40.4 Å². The third kappa shape index (κ3) is 12.7. The van der Waals surface area contributed by atoms with Gasteiger partial charge in [0, 0.05) is 13.1 Å². The second kappa shape index (κ2) is 16.0. The van der Waals surface area contributed by atoms with Crippen molar-refractivity contribution in [3.63, 3.8) is 0 Å². The van der Waals surface area contributed by atoms with Gasteiger partial charge >= 0.3 is 30.0 Å². The average Bonchev–Trinajstić information content (AvgIpc) is 2.80. The Labute approximate surface area is 268 Å². The first kappa shape index (κ1) is 42.0. The summed E-state index contributed by atoms with van der Waals surface area (Å²) in [6.07, 6.45) is -1.65. The second-order valence-corrected chi connectivity index (χ2v) is 14.9. The van der Waals surface area contributed by atoms with Gasteiger partial charge in [-0.2, -0.15) is 0 Å². The maximum absolute atomic E-state index is 14.6. The maximum atomic E-state index is 14.6. The van der Waals surface area contributed by atoms with E-state index in [1.165, 1.54) is 0 Å². The molecule has 0 rings (SSSR count). The smallest absolute Gasteiger partial charge is 0.407 e. The van der Waals surface area contributed by atoms with Crippen LogP contribution in [0.4, 0.5) is 4.79 Å². The van der Waals surface area contributed by atoms with Crippen molar-refractivity contribution in [2.24, 2.45) is 16.9 Å². The van der Waals surface area contributed by atoms with Crippen LogP contribution >= 0.6 is 0 Å². The normalized spacial score (nSPS) is 13.1. The van der Waals surface area contributed by atoms with Gasteiger partial charge in [-0.05, 0) is 122 Å². The first-order valence-electron chi connectivity index (χ1n) is 15.3. The molecule has 262 valence electrons. The van der Waals surface area contributed by atoms with E-state index in [1.807, 2.05) is 0 Å². The summed E-state index contributed by atoms with van der Waals surface area (Å²) >= 11 is 0. The number of nitrogens with two attached hydrogens (primary N) is 2. The number of carboxylic acid groups (broad SMARTS) is 1. The molecular formula is C31H58N4O10. The van der Waals surface area contributed by atoms with E-state index in [9.17, 15) is 29.1 Å². The standard InChI is InChI=1S/C31H58N4O10/c1-26(2,3)42-21(36)30(22(37)43-27(4,5)6,15-20-35(25(40)41)19-14-17-33)31(34-18-13-16-32,23(38)44-28(7,8)9)24(39)45-29(10,11)12/h34H,13-20,32-33H2,1-12H3,(H,40,41). The minimum absolute atomic E-state index is 0.0585. The Morgan fingerprint density at radius 3 is 1.27 bits per heavy atom. The highest BCUT2D eigenvalue weighted by atomic mass is 16.6. The Hall–Kier alpha value is -2.97. The fourth-order valence-electron chi connectivity index (χ4n) is 4.21.